The van der Waals surface area contributed by atoms with Crippen molar-refractivity contribution in [3.63, 3.8) is 0 Å². The minimum atomic E-state index is -3.95. The summed E-state index contributed by atoms with van der Waals surface area (Å²) in [6, 6.07) is 14.8. The number of benzene rings is 2. The Labute approximate surface area is 186 Å². The van der Waals surface area contributed by atoms with Crippen LogP contribution in [0.4, 0.5) is 17.1 Å². The standard InChI is InChI=1S/C21H22N4O4S2/c1-3-29-17-8-6-15(7-9-17)25-31(26,27)20-13-18(28-2)10-11-19(20)24-21(30)23-16-5-4-12-22-14-16/h4-14,25H,3H2,1-2H3,(H2,23,24,30). The van der Waals surface area contributed by atoms with E-state index in [0.29, 0.717) is 35.2 Å². The fourth-order valence-electron chi connectivity index (χ4n) is 2.67. The van der Waals surface area contributed by atoms with Crippen molar-refractivity contribution in [3.05, 3.63) is 67.0 Å². The first kappa shape index (κ1) is 22.3. The van der Waals surface area contributed by atoms with E-state index in [1.807, 2.05) is 6.92 Å². The highest BCUT2D eigenvalue weighted by atomic mass is 32.2. The van der Waals surface area contributed by atoms with Crippen molar-refractivity contribution in [1.82, 2.24) is 4.98 Å². The van der Waals surface area contributed by atoms with Gasteiger partial charge in [-0.2, -0.15) is 0 Å². The molecule has 3 N–H and O–H groups in total. The quantitative estimate of drug-likeness (QED) is 0.434. The van der Waals surface area contributed by atoms with Crippen molar-refractivity contribution < 1.29 is 17.9 Å². The van der Waals surface area contributed by atoms with Gasteiger partial charge in [-0.3, -0.25) is 9.71 Å². The molecule has 3 rings (SSSR count). The Morgan fingerprint density at radius 3 is 2.42 bits per heavy atom. The Bertz CT molecular complexity index is 1140. The van der Waals surface area contributed by atoms with Crippen LogP contribution in [0.15, 0.2) is 71.9 Å². The first-order chi connectivity index (χ1) is 14.9. The number of methoxy groups -OCH3 is 1. The van der Waals surface area contributed by atoms with Gasteiger partial charge >= 0.3 is 0 Å². The summed E-state index contributed by atoms with van der Waals surface area (Å²) in [4.78, 5) is 3.99. The third kappa shape index (κ3) is 6.06. The number of hydrogen-bond acceptors (Lipinski definition) is 6. The molecule has 0 saturated carbocycles. The van der Waals surface area contributed by atoms with Crippen molar-refractivity contribution in [2.75, 3.05) is 29.1 Å². The molecule has 1 aromatic heterocycles. The molecule has 8 nitrogen and oxygen atoms in total. The molecule has 0 fully saturated rings. The molecule has 0 aliphatic rings. The van der Waals surface area contributed by atoms with Crippen LogP contribution < -0.4 is 24.8 Å². The number of anilines is 3. The average molecular weight is 459 g/mol. The summed E-state index contributed by atoms with van der Waals surface area (Å²) in [6.45, 7) is 2.40. The lowest BCUT2D eigenvalue weighted by Gasteiger charge is -2.16. The molecule has 0 saturated heterocycles. The number of rotatable bonds is 8. The zero-order valence-corrected chi connectivity index (χ0v) is 18.6. The molecule has 0 aliphatic carbocycles. The summed E-state index contributed by atoms with van der Waals surface area (Å²) < 4.78 is 39.4. The summed E-state index contributed by atoms with van der Waals surface area (Å²) >= 11 is 5.32. The van der Waals surface area contributed by atoms with E-state index in [1.54, 1.807) is 60.9 Å². The number of hydrogen-bond donors (Lipinski definition) is 3. The molecule has 31 heavy (non-hydrogen) atoms. The van der Waals surface area contributed by atoms with Gasteiger partial charge in [-0.15, -0.1) is 0 Å². The van der Waals surface area contributed by atoms with Gasteiger partial charge in [-0.25, -0.2) is 8.42 Å². The molecule has 0 radical (unpaired) electrons. The van der Waals surface area contributed by atoms with Crippen molar-refractivity contribution in [2.24, 2.45) is 0 Å². The molecule has 0 atom stereocenters. The number of nitrogens with zero attached hydrogens (tertiary/aromatic N) is 1. The zero-order valence-electron chi connectivity index (χ0n) is 17.0. The predicted molar refractivity (Wildman–Crippen MR) is 125 cm³/mol. The van der Waals surface area contributed by atoms with Crippen molar-refractivity contribution in [3.8, 4) is 11.5 Å². The largest absolute Gasteiger partial charge is 0.497 e. The first-order valence-corrected chi connectivity index (χ1v) is 11.2. The van der Waals surface area contributed by atoms with Gasteiger partial charge in [0.2, 0.25) is 0 Å². The van der Waals surface area contributed by atoms with E-state index >= 15 is 0 Å². The second kappa shape index (κ2) is 10.1. The van der Waals surface area contributed by atoms with Crippen molar-refractivity contribution in [2.45, 2.75) is 11.8 Å². The zero-order chi connectivity index (χ0) is 22.3. The Balaban J connectivity index is 1.84. The molecule has 3 aromatic rings. The maximum Gasteiger partial charge on any atom is 0.264 e. The third-order valence-electron chi connectivity index (χ3n) is 4.06. The summed E-state index contributed by atoms with van der Waals surface area (Å²) in [6.07, 6.45) is 3.25. The van der Waals surface area contributed by atoms with Crippen LogP contribution in [-0.4, -0.2) is 32.2 Å². The van der Waals surface area contributed by atoms with Gasteiger partial charge in [0, 0.05) is 18.0 Å². The van der Waals surface area contributed by atoms with Gasteiger partial charge in [-0.1, -0.05) is 0 Å². The number of ether oxygens (including phenoxy) is 2. The van der Waals surface area contributed by atoms with Crippen molar-refractivity contribution >= 4 is 44.4 Å². The molecule has 162 valence electrons. The third-order valence-corrected chi connectivity index (χ3v) is 5.69. The second-order valence-electron chi connectivity index (χ2n) is 6.25. The maximum absolute atomic E-state index is 13.1. The summed E-state index contributed by atoms with van der Waals surface area (Å²) in [5.41, 5.74) is 1.36. The highest BCUT2D eigenvalue weighted by molar-refractivity contribution is 7.93. The van der Waals surface area contributed by atoms with Crippen LogP contribution in [0.25, 0.3) is 0 Å². The highest BCUT2D eigenvalue weighted by Gasteiger charge is 2.21. The van der Waals surface area contributed by atoms with E-state index in [-0.39, 0.29) is 10.0 Å². The summed E-state index contributed by atoms with van der Waals surface area (Å²) in [7, 11) is -2.49. The van der Waals surface area contributed by atoms with Gasteiger partial charge in [0.05, 0.1) is 31.3 Å². The van der Waals surface area contributed by atoms with Gasteiger partial charge in [0.25, 0.3) is 10.0 Å². The Hall–Kier alpha value is -3.37. The smallest absolute Gasteiger partial charge is 0.264 e. The Morgan fingerprint density at radius 2 is 1.77 bits per heavy atom. The molecular weight excluding hydrogens is 436 g/mol. The SMILES string of the molecule is CCOc1ccc(NS(=O)(=O)c2cc(OC)ccc2NC(=S)Nc2cccnc2)cc1. The first-order valence-electron chi connectivity index (χ1n) is 9.33. The highest BCUT2D eigenvalue weighted by Crippen LogP contribution is 2.29. The van der Waals surface area contributed by atoms with E-state index in [2.05, 4.69) is 20.3 Å². The number of aromatic nitrogens is 1. The fourth-order valence-corrected chi connectivity index (χ4v) is 4.14. The van der Waals surface area contributed by atoms with E-state index in [1.165, 1.54) is 13.2 Å². The molecule has 0 amide bonds. The van der Waals surface area contributed by atoms with Crippen LogP contribution in [0.5, 0.6) is 11.5 Å². The minimum Gasteiger partial charge on any atom is -0.497 e. The van der Waals surface area contributed by atoms with Gasteiger partial charge in [-0.05, 0) is 67.7 Å². The molecule has 0 aliphatic heterocycles. The Morgan fingerprint density at radius 1 is 1.03 bits per heavy atom. The number of sulfonamides is 1. The van der Waals surface area contributed by atoms with E-state index in [4.69, 9.17) is 21.7 Å². The monoisotopic (exact) mass is 458 g/mol. The van der Waals surface area contributed by atoms with Crippen LogP contribution in [0.1, 0.15) is 6.92 Å². The van der Waals surface area contributed by atoms with Gasteiger partial charge < -0.3 is 20.1 Å². The van der Waals surface area contributed by atoms with Crippen molar-refractivity contribution in [1.29, 1.82) is 0 Å². The number of pyridine rings is 1. The molecule has 1 heterocycles. The lowest BCUT2D eigenvalue weighted by Crippen LogP contribution is -2.22. The average Bonchev–Trinajstić information content (AvgIpc) is 2.76. The lowest BCUT2D eigenvalue weighted by atomic mass is 10.3. The molecule has 0 unspecified atom stereocenters. The lowest BCUT2D eigenvalue weighted by molar-refractivity contribution is 0.340. The van der Waals surface area contributed by atoms with Crippen LogP contribution in [0.2, 0.25) is 0 Å². The van der Waals surface area contributed by atoms with E-state index in [9.17, 15) is 8.42 Å². The van der Waals surface area contributed by atoms with Crippen LogP contribution in [-0.2, 0) is 10.0 Å². The minimum absolute atomic E-state index is 0.0175. The normalized spacial score (nSPS) is 10.8. The predicted octanol–water partition coefficient (Wildman–Crippen LogP) is 4.10. The second-order valence-corrected chi connectivity index (χ2v) is 8.30. The molecule has 10 heteroatoms. The summed E-state index contributed by atoms with van der Waals surface area (Å²) in [5, 5.41) is 6.11. The number of nitrogens with one attached hydrogen (secondary N) is 3. The van der Waals surface area contributed by atoms with Crippen LogP contribution >= 0.6 is 12.2 Å². The van der Waals surface area contributed by atoms with Crippen LogP contribution in [0, 0.1) is 0 Å². The number of thiocarbonyl (C=S) groups is 1. The summed E-state index contributed by atoms with van der Waals surface area (Å²) in [5.74, 6) is 1.05. The molecule has 0 bridgehead atoms. The Kier molecular flexibility index (Phi) is 7.27. The fraction of sp³-hybridized carbons (Fsp3) is 0.143. The molecular formula is C21H22N4O4S2. The maximum atomic E-state index is 13.1. The van der Waals surface area contributed by atoms with Crippen LogP contribution in [0.3, 0.4) is 0 Å². The van der Waals surface area contributed by atoms with Gasteiger partial charge in [0.1, 0.15) is 16.4 Å². The molecule has 2 aromatic carbocycles. The molecule has 0 spiro atoms. The topological polar surface area (TPSA) is 102 Å². The van der Waals surface area contributed by atoms with E-state index < -0.39 is 10.0 Å². The van der Waals surface area contributed by atoms with E-state index in [0.717, 1.165) is 0 Å². The van der Waals surface area contributed by atoms with Gasteiger partial charge in [0.15, 0.2) is 5.11 Å².